The van der Waals surface area contributed by atoms with Crippen LogP contribution >= 0.6 is 0 Å². The first-order valence-corrected chi connectivity index (χ1v) is 15.1. The van der Waals surface area contributed by atoms with E-state index in [-0.39, 0.29) is 34.5 Å². The third-order valence-electron chi connectivity index (χ3n) is 6.99. The number of hydrogen-bond acceptors (Lipinski definition) is 5. The van der Waals surface area contributed by atoms with Crippen LogP contribution in [0, 0.1) is 0 Å². The molecule has 5 rings (SSSR count). The molecule has 0 radical (unpaired) electrons. The van der Waals surface area contributed by atoms with Crippen LogP contribution in [0.25, 0.3) is 0 Å². The van der Waals surface area contributed by atoms with Gasteiger partial charge in [-0.2, -0.15) is 0 Å². The summed E-state index contributed by atoms with van der Waals surface area (Å²) >= 11 is 0. The molecule has 202 valence electrons. The summed E-state index contributed by atoms with van der Waals surface area (Å²) < 4.78 is 31.7. The highest BCUT2D eigenvalue weighted by Gasteiger charge is 2.54. The van der Waals surface area contributed by atoms with Gasteiger partial charge < -0.3 is 23.7 Å². The highest BCUT2D eigenvalue weighted by molar-refractivity contribution is 7.97. The molecular weight excluding hydrogens is 496 g/mol. The van der Waals surface area contributed by atoms with Crippen molar-refractivity contribution >= 4 is 10.9 Å². The summed E-state index contributed by atoms with van der Waals surface area (Å²) in [6.07, 6.45) is 0.00358. The standard InChI is InChI=1S/C32H39O5S/c1-32(2)36-21-28(37-32)23-38-24-29(34-19-26-14-8-4-9-15-26)31(35-20-27-16-10-5-11-17-27)30(38)22-33-18-25-12-6-3-7-13-25/h3-17,28-31H,18-24H2,1-2H3/q+1/t28-,29+,30+,31-,38?/m0/s1. The molecule has 5 atom stereocenters. The Morgan fingerprint density at radius 3 is 1.87 bits per heavy atom. The van der Waals surface area contributed by atoms with Gasteiger partial charge in [-0.25, -0.2) is 0 Å². The van der Waals surface area contributed by atoms with Gasteiger partial charge in [0, 0.05) is 10.9 Å². The maximum Gasteiger partial charge on any atom is 0.170 e. The molecule has 0 N–H and O–H groups in total. The van der Waals surface area contributed by atoms with Gasteiger partial charge in [-0.1, -0.05) is 91.0 Å². The van der Waals surface area contributed by atoms with E-state index in [2.05, 4.69) is 72.8 Å². The first-order valence-electron chi connectivity index (χ1n) is 13.5. The van der Waals surface area contributed by atoms with E-state index < -0.39 is 5.79 Å². The van der Waals surface area contributed by atoms with E-state index in [0.717, 1.165) is 11.5 Å². The Bertz CT molecular complexity index is 1090. The summed E-state index contributed by atoms with van der Waals surface area (Å²) in [6.45, 7) is 6.94. The van der Waals surface area contributed by atoms with E-state index in [1.54, 1.807) is 0 Å². The Hall–Kier alpha value is -2.19. The van der Waals surface area contributed by atoms with Crippen LogP contribution in [0.15, 0.2) is 91.0 Å². The monoisotopic (exact) mass is 535 g/mol. The van der Waals surface area contributed by atoms with Crippen LogP contribution in [-0.4, -0.2) is 54.1 Å². The topological polar surface area (TPSA) is 46.2 Å². The van der Waals surface area contributed by atoms with E-state index in [1.807, 2.05) is 32.0 Å². The van der Waals surface area contributed by atoms with E-state index in [0.29, 0.717) is 33.0 Å². The molecule has 0 bridgehead atoms. The largest absolute Gasteiger partial charge is 0.371 e. The van der Waals surface area contributed by atoms with Gasteiger partial charge in [0.05, 0.1) is 33.0 Å². The Morgan fingerprint density at radius 2 is 1.32 bits per heavy atom. The van der Waals surface area contributed by atoms with Gasteiger partial charge in [-0.15, -0.1) is 0 Å². The summed E-state index contributed by atoms with van der Waals surface area (Å²) in [6, 6.07) is 31.1. The normalized spacial score (nSPS) is 26.5. The predicted molar refractivity (Wildman–Crippen MR) is 152 cm³/mol. The number of ether oxygens (including phenoxy) is 5. The van der Waals surface area contributed by atoms with Gasteiger partial charge >= 0.3 is 0 Å². The minimum Gasteiger partial charge on any atom is -0.371 e. The second-order valence-electron chi connectivity index (χ2n) is 10.5. The van der Waals surface area contributed by atoms with Crippen LogP contribution in [0.2, 0.25) is 0 Å². The van der Waals surface area contributed by atoms with Crippen molar-refractivity contribution in [3.63, 3.8) is 0 Å². The third-order valence-corrected chi connectivity index (χ3v) is 9.81. The van der Waals surface area contributed by atoms with Crippen LogP contribution in [0.5, 0.6) is 0 Å². The molecule has 6 heteroatoms. The Kier molecular flexibility index (Phi) is 9.54. The van der Waals surface area contributed by atoms with Crippen LogP contribution in [0.3, 0.4) is 0 Å². The summed E-state index contributed by atoms with van der Waals surface area (Å²) in [5, 5.41) is 0.218. The van der Waals surface area contributed by atoms with E-state index in [4.69, 9.17) is 23.7 Å². The molecule has 3 aromatic rings. The first kappa shape index (κ1) is 27.4. The lowest BCUT2D eigenvalue weighted by Gasteiger charge is -2.23. The lowest BCUT2D eigenvalue weighted by molar-refractivity contribution is -0.135. The molecule has 0 aliphatic carbocycles. The molecule has 2 aliphatic rings. The lowest BCUT2D eigenvalue weighted by Crippen LogP contribution is -2.40. The van der Waals surface area contributed by atoms with Crippen molar-refractivity contribution in [3.05, 3.63) is 108 Å². The van der Waals surface area contributed by atoms with Crippen molar-refractivity contribution in [2.45, 2.75) is 63.0 Å². The van der Waals surface area contributed by atoms with E-state index >= 15 is 0 Å². The molecule has 5 nitrogen and oxygen atoms in total. The number of hydrogen-bond donors (Lipinski definition) is 0. The molecule has 0 aromatic heterocycles. The summed E-state index contributed by atoms with van der Waals surface area (Å²) in [5.41, 5.74) is 3.52. The SMILES string of the molecule is CC1(C)OC[C@@H](C[S+]2C[C@@H](OCc3ccccc3)[C@H](OCc3ccccc3)[C@H]2COCc2ccccc2)O1. The van der Waals surface area contributed by atoms with Crippen molar-refractivity contribution < 1.29 is 23.7 Å². The van der Waals surface area contributed by atoms with Crippen molar-refractivity contribution in [3.8, 4) is 0 Å². The zero-order valence-corrected chi connectivity index (χ0v) is 23.2. The predicted octanol–water partition coefficient (Wildman–Crippen LogP) is 5.53. The average molecular weight is 536 g/mol. The van der Waals surface area contributed by atoms with Gasteiger partial charge in [0.25, 0.3) is 0 Å². The van der Waals surface area contributed by atoms with Crippen LogP contribution in [0.4, 0.5) is 0 Å². The quantitative estimate of drug-likeness (QED) is 0.286. The van der Waals surface area contributed by atoms with E-state index in [1.165, 1.54) is 16.7 Å². The molecule has 3 aromatic carbocycles. The minimum atomic E-state index is -0.528. The van der Waals surface area contributed by atoms with Crippen LogP contribution < -0.4 is 0 Å². The van der Waals surface area contributed by atoms with Gasteiger partial charge in [0.15, 0.2) is 11.0 Å². The summed E-state index contributed by atoms with van der Waals surface area (Å²) in [5.74, 6) is 1.34. The number of benzene rings is 3. The zero-order chi connectivity index (χ0) is 26.2. The third kappa shape index (κ3) is 7.69. The van der Waals surface area contributed by atoms with E-state index in [9.17, 15) is 0 Å². The Labute approximate surface area is 229 Å². The molecule has 1 unspecified atom stereocenters. The smallest absolute Gasteiger partial charge is 0.170 e. The highest BCUT2D eigenvalue weighted by atomic mass is 32.2. The zero-order valence-electron chi connectivity index (χ0n) is 22.4. The molecule has 2 heterocycles. The fourth-order valence-electron chi connectivity index (χ4n) is 5.09. The Balaban J connectivity index is 1.32. The summed E-state index contributed by atoms with van der Waals surface area (Å²) in [4.78, 5) is 0. The molecule has 0 amide bonds. The molecule has 2 saturated heterocycles. The summed E-state index contributed by atoms with van der Waals surface area (Å²) in [7, 11) is -0.00192. The van der Waals surface area contributed by atoms with Crippen molar-refractivity contribution in [2.75, 3.05) is 24.7 Å². The van der Waals surface area contributed by atoms with Crippen LogP contribution in [-0.2, 0) is 54.4 Å². The molecule has 0 saturated carbocycles. The molecular formula is C32H39O5S+. The second-order valence-corrected chi connectivity index (χ2v) is 12.8. The maximum atomic E-state index is 6.67. The van der Waals surface area contributed by atoms with Gasteiger partial charge in [-0.3, -0.25) is 0 Å². The van der Waals surface area contributed by atoms with Crippen molar-refractivity contribution in [1.29, 1.82) is 0 Å². The van der Waals surface area contributed by atoms with Gasteiger partial charge in [-0.05, 0) is 30.5 Å². The first-order chi connectivity index (χ1) is 18.6. The maximum absolute atomic E-state index is 6.67. The molecule has 0 spiro atoms. The molecule has 38 heavy (non-hydrogen) atoms. The fourth-order valence-corrected chi connectivity index (χ4v) is 8.00. The lowest BCUT2D eigenvalue weighted by atomic mass is 10.1. The second kappa shape index (κ2) is 13.2. The average Bonchev–Trinajstić information content (AvgIpc) is 3.46. The highest BCUT2D eigenvalue weighted by Crippen LogP contribution is 2.33. The Morgan fingerprint density at radius 1 is 0.763 bits per heavy atom. The van der Waals surface area contributed by atoms with Crippen molar-refractivity contribution in [1.82, 2.24) is 0 Å². The fraction of sp³-hybridized carbons (Fsp3) is 0.438. The minimum absolute atomic E-state index is 0.00192. The number of rotatable bonds is 12. The molecule has 2 fully saturated rings. The van der Waals surface area contributed by atoms with Crippen molar-refractivity contribution in [2.24, 2.45) is 0 Å². The van der Waals surface area contributed by atoms with Gasteiger partial charge in [0.1, 0.15) is 29.8 Å². The molecule has 2 aliphatic heterocycles. The van der Waals surface area contributed by atoms with Crippen LogP contribution in [0.1, 0.15) is 30.5 Å². The van der Waals surface area contributed by atoms with Gasteiger partial charge in [0.2, 0.25) is 0 Å².